The van der Waals surface area contributed by atoms with Gasteiger partial charge >= 0.3 is 0 Å². The van der Waals surface area contributed by atoms with E-state index in [1.165, 1.54) is 11.8 Å². The van der Waals surface area contributed by atoms with E-state index in [4.69, 9.17) is 4.74 Å². The van der Waals surface area contributed by atoms with Crippen molar-refractivity contribution in [1.29, 1.82) is 0 Å². The third-order valence-electron chi connectivity index (χ3n) is 4.11. The van der Waals surface area contributed by atoms with Gasteiger partial charge in [0.25, 0.3) is 0 Å². The first-order valence-corrected chi connectivity index (χ1v) is 10.3. The number of carbonyl (C=O) groups excluding carboxylic acids is 1. The lowest BCUT2D eigenvalue weighted by atomic mass is 10.2. The summed E-state index contributed by atoms with van der Waals surface area (Å²) in [5, 5.41) is 9.04. The van der Waals surface area contributed by atoms with Crippen molar-refractivity contribution >= 4 is 45.0 Å². The number of nitrogens with zero attached hydrogens (tertiary/aromatic N) is 3. The number of rotatable bonds is 6. The molecule has 2 aromatic carbocycles. The van der Waals surface area contributed by atoms with Crippen LogP contribution in [0.5, 0.6) is 5.75 Å². The van der Waals surface area contributed by atoms with E-state index in [0.717, 1.165) is 27.8 Å². The van der Waals surface area contributed by atoms with Crippen molar-refractivity contribution in [1.82, 2.24) is 4.90 Å². The van der Waals surface area contributed by atoms with Crippen molar-refractivity contribution in [2.24, 2.45) is 10.2 Å². The first-order chi connectivity index (χ1) is 13.1. The van der Waals surface area contributed by atoms with Crippen LogP contribution in [0.3, 0.4) is 0 Å². The highest BCUT2D eigenvalue weighted by atomic mass is 79.9. The van der Waals surface area contributed by atoms with Gasteiger partial charge in [0.1, 0.15) is 5.75 Å². The van der Waals surface area contributed by atoms with Gasteiger partial charge in [0.15, 0.2) is 5.17 Å². The van der Waals surface area contributed by atoms with Gasteiger partial charge in [-0.2, -0.15) is 5.10 Å². The third-order valence-corrected chi connectivity index (χ3v) is 5.97. The van der Waals surface area contributed by atoms with E-state index in [-0.39, 0.29) is 11.2 Å². The van der Waals surface area contributed by atoms with Crippen LogP contribution in [-0.4, -0.2) is 34.5 Å². The third kappa shape index (κ3) is 4.99. The van der Waals surface area contributed by atoms with Crippen molar-refractivity contribution in [2.45, 2.75) is 25.1 Å². The van der Waals surface area contributed by atoms with Gasteiger partial charge in [-0.1, -0.05) is 58.9 Å². The highest BCUT2D eigenvalue weighted by molar-refractivity contribution is 9.10. The summed E-state index contributed by atoms with van der Waals surface area (Å²) in [6.45, 7) is 2.48. The van der Waals surface area contributed by atoms with E-state index in [1.54, 1.807) is 18.2 Å². The zero-order valence-corrected chi connectivity index (χ0v) is 17.5. The molecule has 0 aliphatic carbocycles. The van der Waals surface area contributed by atoms with Gasteiger partial charge in [-0.05, 0) is 41.8 Å². The Morgan fingerprint density at radius 2 is 1.89 bits per heavy atom. The molecular weight excluding hydrogens is 426 g/mol. The predicted octanol–water partition coefficient (Wildman–Crippen LogP) is 4.70. The Morgan fingerprint density at radius 1 is 1.19 bits per heavy atom. The summed E-state index contributed by atoms with van der Waals surface area (Å²) in [6, 6.07) is 15.5. The molecule has 3 rings (SSSR count). The molecular formula is C20H20BrN3O2S. The maximum Gasteiger partial charge on any atom is 0.242 e. The van der Waals surface area contributed by atoms with Crippen molar-refractivity contribution in [3.05, 3.63) is 64.1 Å². The minimum absolute atomic E-state index is 0.0795. The number of hydrogen-bond acceptors (Lipinski definition) is 5. The maximum atomic E-state index is 12.7. The molecule has 27 heavy (non-hydrogen) atoms. The molecule has 2 aromatic rings. The fourth-order valence-corrected chi connectivity index (χ4v) is 3.89. The molecule has 1 unspecified atom stereocenters. The molecule has 1 atom stereocenters. The smallest absolute Gasteiger partial charge is 0.242 e. The number of amides is 1. The fraction of sp³-hybridized carbons (Fsp3) is 0.250. The minimum atomic E-state index is -0.107. The van der Waals surface area contributed by atoms with Crippen molar-refractivity contribution in [3.63, 3.8) is 0 Å². The van der Waals surface area contributed by atoms with E-state index in [9.17, 15) is 4.79 Å². The Morgan fingerprint density at radius 3 is 2.52 bits per heavy atom. The summed E-state index contributed by atoms with van der Waals surface area (Å²) in [7, 11) is 1.63. The monoisotopic (exact) mass is 445 g/mol. The molecule has 5 nitrogen and oxygen atoms in total. The van der Waals surface area contributed by atoms with Gasteiger partial charge in [-0.15, -0.1) is 5.10 Å². The second-order valence-corrected chi connectivity index (χ2v) is 8.05. The van der Waals surface area contributed by atoms with Gasteiger partial charge in [0, 0.05) is 4.47 Å². The van der Waals surface area contributed by atoms with Crippen LogP contribution in [0.25, 0.3) is 0 Å². The lowest BCUT2D eigenvalue weighted by Crippen LogP contribution is -2.31. The summed E-state index contributed by atoms with van der Waals surface area (Å²) in [5.74, 6) is 0.871. The summed E-state index contributed by atoms with van der Waals surface area (Å²) in [5.41, 5.74) is 1.97. The van der Waals surface area contributed by atoms with Crippen molar-refractivity contribution in [2.75, 3.05) is 7.11 Å². The summed E-state index contributed by atoms with van der Waals surface area (Å²) >= 11 is 4.88. The van der Waals surface area contributed by atoms with Crippen LogP contribution in [0.1, 0.15) is 24.5 Å². The normalized spacial score (nSPS) is 18.6. The average Bonchev–Trinajstić information content (AvgIpc) is 2.99. The van der Waals surface area contributed by atoms with Gasteiger partial charge in [-0.3, -0.25) is 9.69 Å². The lowest BCUT2D eigenvalue weighted by Gasteiger charge is -2.16. The fourth-order valence-electron chi connectivity index (χ4n) is 2.60. The van der Waals surface area contributed by atoms with Crippen LogP contribution in [0.15, 0.2) is 63.2 Å². The Kier molecular flexibility index (Phi) is 6.68. The van der Waals surface area contributed by atoms with E-state index in [1.807, 2.05) is 55.5 Å². The molecule has 0 aromatic heterocycles. The Labute approximate surface area is 171 Å². The molecule has 1 aliphatic heterocycles. The van der Waals surface area contributed by atoms with Crippen LogP contribution in [-0.2, 0) is 11.3 Å². The first kappa shape index (κ1) is 19.6. The van der Waals surface area contributed by atoms with Crippen LogP contribution in [0.4, 0.5) is 0 Å². The highest BCUT2D eigenvalue weighted by Gasteiger charge is 2.36. The molecule has 1 amide bonds. The minimum Gasteiger partial charge on any atom is -0.497 e. The molecule has 0 spiro atoms. The zero-order chi connectivity index (χ0) is 19.2. The maximum absolute atomic E-state index is 12.7. The Balaban J connectivity index is 1.77. The van der Waals surface area contributed by atoms with Crippen LogP contribution >= 0.6 is 27.7 Å². The average molecular weight is 446 g/mol. The van der Waals surface area contributed by atoms with Crippen LogP contribution < -0.4 is 4.74 Å². The second-order valence-electron chi connectivity index (χ2n) is 5.97. The number of halogens is 1. The number of benzene rings is 2. The molecule has 140 valence electrons. The van der Waals surface area contributed by atoms with Crippen LogP contribution in [0.2, 0.25) is 0 Å². The van der Waals surface area contributed by atoms with Gasteiger partial charge in [0.05, 0.1) is 25.1 Å². The van der Waals surface area contributed by atoms with Crippen molar-refractivity contribution in [3.8, 4) is 5.75 Å². The highest BCUT2D eigenvalue weighted by Crippen LogP contribution is 2.31. The second kappa shape index (κ2) is 9.19. The van der Waals surface area contributed by atoms with Gasteiger partial charge < -0.3 is 4.74 Å². The summed E-state index contributed by atoms with van der Waals surface area (Å²) in [4.78, 5) is 14.4. The molecule has 1 heterocycles. The quantitative estimate of drug-likeness (QED) is 0.478. The molecule has 0 N–H and O–H groups in total. The Bertz CT molecular complexity index is 851. The number of carbonyl (C=O) groups is 1. The topological polar surface area (TPSA) is 54.3 Å². The molecule has 0 saturated carbocycles. The predicted molar refractivity (Wildman–Crippen MR) is 114 cm³/mol. The molecule has 1 fully saturated rings. The molecule has 0 radical (unpaired) electrons. The molecule has 7 heteroatoms. The number of methoxy groups -OCH3 is 1. The SMILES string of the molecule is CCC1S/C(=N\N=C\c2ccc(Br)cc2)N(Cc2ccc(OC)cc2)C1=O. The van der Waals surface area contributed by atoms with E-state index in [0.29, 0.717) is 11.7 Å². The number of amidine groups is 1. The summed E-state index contributed by atoms with van der Waals surface area (Å²) in [6.07, 6.45) is 2.45. The summed E-state index contributed by atoms with van der Waals surface area (Å²) < 4.78 is 6.20. The largest absolute Gasteiger partial charge is 0.497 e. The first-order valence-electron chi connectivity index (χ1n) is 8.58. The zero-order valence-electron chi connectivity index (χ0n) is 15.1. The van der Waals surface area contributed by atoms with Crippen molar-refractivity contribution < 1.29 is 9.53 Å². The number of thioether (sulfide) groups is 1. The number of ether oxygens (including phenoxy) is 1. The van der Waals surface area contributed by atoms with Gasteiger partial charge in [0.2, 0.25) is 5.91 Å². The van der Waals surface area contributed by atoms with E-state index < -0.39 is 0 Å². The molecule has 1 saturated heterocycles. The van der Waals surface area contributed by atoms with E-state index >= 15 is 0 Å². The van der Waals surface area contributed by atoms with Gasteiger partial charge in [-0.25, -0.2) is 0 Å². The lowest BCUT2D eigenvalue weighted by molar-refractivity contribution is -0.126. The Hall–Kier alpha value is -2.12. The van der Waals surface area contributed by atoms with E-state index in [2.05, 4.69) is 26.1 Å². The molecule has 0 bridgehead atoms. The number of hydrogen-bond donors (Lipinski definition) is 0. The molecule has 1 aliphatic rings. The standard InChI is InChI=1S/C20H20BrN3O2S/c1-3-18-19(25)24(13-15-6-10-17(26-2)11-7-15)20(27-18)23-22-12-14-4-8-16(21)9-5-14/h4-12,18H,3,13H2,1-2H3/b22-12+,23-20-. The van der Waals surface area contributed by atoms with Crippen LogP contribution in [0, 0.1) is 0 Å².